The van der Waals surface area contributed by atoms with Gasteiger partial charge in [0.1, 0.15) is 29.7 Å². The number of carbonyl (C=O) groups is 2. The Morgan fingerprint density at radius 1 is 0.925 bits per heavy atom. The van der Waals surface area contributed by atoms with Crippen molar-refractivity contribution in [2.24, 2.45) is 0 Å². The van der Waals surface area contributed by atoms with Crippen LogP contribution in [0.1, 0.15) is 24.1 Å². The molecule has 0 spiro atoms. The van der Waals surface area contributed by atoms with E-state index in [1.165, 1.54) is 21.7 Å². The van der Waals surface area contributed by atoms with Crippen molar-refractivity contribution in [1.29, 1.82) is 0 Å². The van der Waals surface area contributed by atoms with Gasteiger partial charge in [0.15, 0.2) is 0 Å². The number of nitrogens with zero attached hydrogens (tertiary/aromatic N) is 4. The van der Waals surface area contributed by atoms with E-state index < -0.39 is 11.9 Å². The maximum absolute atomic E-state index is 14.2. The number of nitrogens with one attached hydrogen (secondary N) is 1. The largest absolute Gasteiger partial charge is 0.492 e. The third kappa shape index (κ3) is 5.83. The summed E-state index contributed by atoms with van der Waals surface area (Å²) >= 11 is 0. The van der Waals surface area contributed by atoms with Crippen molar-refractivity contribution in [1.82, 2.24) is 20.3 Å². The SMILES string of the molecule is CCOc1ccccc1N(C(=O)Cn1nnc2ccccc21)[C@@H](C(=O)NCc1ccc(F)cc1)c1ccccc1. The summed E-state index contributed by atoms with van der Waals surface area (Å²) in [5, 5.41) is 11.3. The van der Waals surface area contributed by atoms with Crippen molar-refractivity contribution in [2.75, 3.05) is 11.5 Å². The monoisotopic (exact) mass is 537 g/mol. The molecule has 9 heteroatoms. The lowest BCUT2D eigenvalue weighted by atomic mass is 10.0. The lowest BCUT2D eigenvalue weighted by Gasteiger charge is -2.32. The number of hydrogen-bond acceptors (Lipinski definition) is 5. The van der Waals surface area contributed by atoms with Crippen LogP contribution >= 0.6 is 0 Å². The van der Waals surface area contributed by atoms with Crippen LogP contribution < -0.4 is 15.0 Å². The van der Waals surface area contributed by atoms with Crippen LogP contribution in [0, 0.1) is 5.82 Å². The lowest BCUT2D eigenvalue weighted by Crippen LogP contribution is -2.45. The fraction of sp³-hybridized carbons (Fsp3) is 0.161. The number of ether oxygens (including phenoxy) is 1. The van der Waals surface area contributed by atoms with Crippen LogP contribution in [0.5, 0.6) is 5.75 Å². The molecule has 1 heterocycles. The number of carbonyl (C=O) groups excluding carboxylic acids is 2. The second kappa shape index (κ2) is 12.2. The number of rotatable bonds is 10. The lowest BCUT2D eigenvalue weighted by molar-refractivity contribution is -0.127. The molecule has 0 saturated heterocycles. The van der Waals surface area contributed by atoms with Crippen LogP contribution in [-0.4, -0.2) is 33.4 Å². The first kappa shape index (κ1) is 26.6. The average Bonchev–Trinajstić information content (AvgIpc) is 3.39. The van der Waals surface area contributed by atoms with Gasteiger partial charge in [-0.05, 0) is 54.4 Å². The van der Waals surface area contributed by atoms with Gasteiger partial charge in [0.05, 0.1) is 17.8 Å². The highest BCUT2D eigenvalue weighted by Gasteiger charge is 2.34. The number of amides is 2. The zero-order chi connectivity index (χ0) is 27.9. The molecule has 1 atom stereocenters. The zero-order valence-electron chi connectivity index (χ0n) is 21.9. The molecule has 5 rings (SSSR count). The van der Waals surface area contributed by atoms with Gasteiger partial charge >= 0.3 is 0 Å². The van der Waals surface area contributed by atoms with Crippen molar-refractivity contribution in [3.63, 3.8) is 0 Å². The fourth-order valence-corrected chi connectivity index (χ4v) is 4.53. The van der Waals surface area contributed by atoms with Gasteiger partial charge in [-0.2, -0.15) is 0 Å². The van der Waals surface area contributed by atoms with Crippen LogP contribution in [0.4, 0.5) is 10.1 Å². The molecule has 0 fully saturated rings. The topological polar surface area (TPSA) is 89.3 Å². The number of aromatic nitrogens is 3. The molecule has 8 nitrogen and oxygen atoms in total. The first-order chi connectivity index (χ1) is 19.5. The summed E-state index contributed by atoms with van der Waals surface area (Å²) in [6.45, 7) is 2.23. The van der Waals surface area contributed by atoms with Gasteiger partial charge in [-0.25, -0.2) is 9.07 Å². The Morgan fingerprint density at radius 3 is 2.40 bits per heavy atom. The summed E-state index contributed by atoms with van der Waals surface area (Å²) in [6, 6.07) is 28.4. The number of anilines is 1. The smallest absolute Gasteiger partial charge is 0.249 e. The highest BCUT2D eigenvalue weighted by molar-refractivity contribution is 6.02. The standard InChI is InChI=1S/C31H28FN5O3/c1-2-40-28-15-9-8-14-27(28)37(29(38)21-36-26-13-7-6-12-25(26)34-35-36)30(23-10-4-3-5-11-23)31(39)33-20-22-16-18-24(32)19-17-22/h3-19,30H,2,20-21H2,1H3,(H,33,39)/t30-/m1/s1. The molecule has 4 aromatic carbocycles. The van der Waals surface area contributed by atoms with Gasteiger partial charge in [-0.1, -0.05) is 71.9 Å². The van der Waals surface area contributed by atoms with Crippen molar-refractivity contribution in [3.05, 3.63) is 120 Å². The van der Waals surface area contributed by atoms with Gasteiger partial charge in [0.2, 0.25) is 11.8 Å². The van der Waals surface area contributed by atoms with Crippen molar-refractivity contribution < 1.29 is 18.7 Å². The zero-order valence-corrected chi connectivity index (χ0v) is 21.9. The van der Waals surface area contributed by atoms with Crippen LogP contribution in [0.25, 0.3) is 11.0 Å². The van der Waals surface area contributed by atoms with E-state index in [9.17, 15) is 14.0 Å². The van der Waals surface area contributed by atoms with Gasteiger partial charge in [-0.15, -0.1) is 5.10 Å². The Balaban J connectivity index is 1.56. The second-order valence-electron chi connectivity index (χ2n) is 9.06. The summed E-state index contributed by atoms with van der Waals surface area (Å²) in [5.41, 5.74) is 3.15. The van der Waals surface area contributed by atoms with Gasteiger partial charge in [-0.3, -0.25) is 14.5 Å². The van der Waals surface area contributed by atoms with E-state index >= 15 is 0 Å². The molecule has 0 aliphatic carbocycles. The van der Waals surface area contributed by atoms with Gasteiger partial charge in [0, 0.05) is 6.54 Å². The van der Waals surface area contributed by atoms with E-state index in [2.05, 4.69) is 15.6 Å². The molecule has 0 saturated carbocycles. The molecule has 0 aliphatic rings. The molecule has 2 amide bonds. The normalized spacial score (nSPS) is 11.7. The molecule has 202 valence electrons. The minimum atomic E-state index is -1.04. The fourth-order valence-electron chi connectivity index (χ4n) is 4.53. The molecular formula is C31H28FN5O3. The minimum Gasteiger partial charge on any atom is -0.492 e. The van der Waals surface area contributed by atoms with Gasteiger partial charge in [0.25, 0.3) is 0 Å². The van der Waals surface area contributed by atoms with Crippen LogP contribution in [-0.2, 0) is 22.7 Å². The summed E-state index contributed by atoms with van der Waals surface area (Å²) in [5.74, 6) is -0.677. The Hall–Kier alpha value is -5.05. The molecule has 1 N–H and O–H groups in total. The van der Waals surface area contributed by atoms with Crippen LogP contribution in [0.2, 0.25) is 0 Å². The van der Waals surface area contributed by atoms with Crippen LogP contribution in [0.15, 0.2) is 103 Å². The summed E-state index contributed by atoms with van der Waals surface area (Å²) in [7, 11) is 0. The second-order valence-corrected chi connectivity index (χ2v) is 9.06. The minimum absolute atomic E-state index is 0.157. The number of benzene rings is 4. The number of para-hydroxylation sites is 3. The predicted molar refractivity (Wildman–Crippen MR) is 150 cm³/mol. The van der Waals surface area contributed by atoms with E-state index in [0.29, 0.717) is 34.6 Å². The van der Waals surface area contributed by atoms with E-state index in [4.69, 9.17) is 4.74 Å². The maximum atomic E-state index is 14.2. The van der Waals surface area contributed by atoms with Gasteiger partial charge < -0.3 is 10.1 Å². The molecule has 40 heavy (non-hydrogen) atoms. The Bertz CT molecular complexity index is 1600. The predicted octanol–water partition coefficient (Wildman–Crippen LogP) is 5.06. The maximum Gasteiger partial charge on any atom is 0.249 e. The molecular weight excluding hydrogens is 509 g/mol. The average molecular weight is 538 g/mol. The molecule has 0 aliphatic heterocycles. The van der Waals surface area contributed by atoms with E-state index in [1.807, 2.05) is 55.5 Å². The third-order valence-corrected chi connectivity index (χ3v) is 6.40. The Labute approximate surface area is 231 Å². The van der Waals surface area contributed by atoms with E-state index in [0.717, 1.165) is 5.56 Å². The molecule has 0 radical (unpaired) electrons. The Kier molecular flexibility index (Phi) is 8.10. The first-order valence-electron chi connectivity index (χ1n) is 12.9. The quantitative estimate of drug-likeness (QED) is 0.269. The summed E-state index contributed by atoms with van der Waals surface area (Å²) in [6.07, 6.45) is 0. The highest BCUT2D eigenvalue weighted by Crippen LogP contribution is 2.35. The Morgan fingerprint density at radius 2 is 1.62 bits per heavy atom. The molecule has 0 bridgehead atoms. The van der Waals surface area contributed by atoms with E-state index in [-0.39, 0.29) is 24.8 Å². The number of fused-ring (bicyclic) bond motifs is 1. The van der Waals surface area contributed by atoms with E-state index in [1.54, 1.807) is 42.5 Å². The summed E-state index contributed by atoms with van der Waals surface area (Å²) in [4.78, 5) is 29.6. The number of hydrogen-bond donors (Lipinski definition) is 1. The van der Waals surface area contributed by atoms with Crippen molar-refractivity contribution in [3.8, 4) is 5.75 Å². The summed E-state index contributed by atoms with van der Waals surface area (Å²) < 4.78 is 20.8. The molecule has 5 aromatic rings. The highest BCUT2D eigenvalue weighted by atomic mass is 19.1. The van der Waals surface area contributed by atoms with Crippen LogP contribution in [0.3, 0.4) is 0 Å². The number of halogens is 1. The van der Waals surface area contributed by atoms with Crippen molar-refractivity contribution >= 4 is 28.5 Å². The first-order valence-corrected chi connectivity index (χ1v) is 12.9. The molecule has 1 aromatic heterocycles. The van der Waals surface area contributed by atoms with Crippen molar-refractivity contribution in [2.45, 2.75) is 26.1 Å². The third-order valence-electron chi connectivity index (χ3n) is 6.40. The molecule has 0 unspecified atom stereocenters.